The summed E-state index contributed by atoms with van der Waals surface area (Å²) in [5.74, 6) is 1.88. The molecule has 0 saturated carbocycles. The molecule has 2 N–H and O–H groups in total. The van der Waals surface area contributed by atoms with E-state index in [2.05, 4.69) is 42.4 Å². The lowest BCUT2D eigenvalue weighted by atomic mass is 10.1. The fraction of sp³-hybridized carbons (Fsp3) is 0.750. The Bertz CT molecular complexity index is 502. The van der Waals surface area contributed by atoms with Crippen molar-refractivity contribution in [3.05, 3.63) is 24.2 Å². The zero-order chi connectivity index (χ0) is 18.6. The molecule has 2 heterocycles. The number of rotatable bonds is 10. The molecular weight excluding hydrogens is 455 g/mol. The zero-order valence-corrected chi connectivity index (χ0v) is 19.4. The molecule has 1 unspecified atom stereocenters. The van der Waals surface area contributed by atoms with E-state index in [1.54, 1.807) is 6.26 Å². The highest BCUT2D eigenvalue weighted by atomic mass is 127. The Kier molecular flexibility index (Phi) is 12.8. The van der Waals surface area contributed by atoms with E-state index in [4.69, 9.17) is 14.1 Å². The summed E-state index contributed by atoms with van der Waals surface area (Å²) in [5, 5.41) is 6.74. The molecule has 0 aromatic carbocycles. The summed E-state index contributed by atoms with van der Waals surface area (Å²) in [6.07, 6.45) is 6.86. The van der Waals surface area contributed by atoms with Gasteiger partial charge in [-0.25, -0.2) is 0 Å². The predicted octanol–water partition coefficient (Wildman–Crippen LogP) is 3.79. The Labute approximate surface area is 181 Å². The van der Waals surface area contributed by atoms with Crippen molar-refractivity contribution in [3.8, 4) is 0 Å². The molecular formula is C20H37IN4O2. The molecule has 1 aromatic heterocycles. The standard InChI is InChI=1S/C20H36N4O2.HI/c1-4-21-20(22-11-9-15-25-17(2)3)23-16-18(19-10-8-14-26-19)24-12-6-5-7-13-24;/h8,10,14,17-18H,4-7,9,11-13,15-16H2,1-3H3,(H2,21,22,23);1H. The first kappa shape index (κ1) is 24.2. The van der Waals surface area contributed by atoms with Crippen LogP contribution in [0.15, 0.2) is 27.8 Å². The molecule has 0 bridgehead atoms. The Morgan fingerprint density at radius 2 is 2.04 bits per heavy atom. The minimum atomic E-state index is 0. The SMILES string of the molecule is CCNC(=NCC(c1ccco1)N1CCCCC1)NCCCOC(C)C.I. The largest absolute Gasteiger partial charge is 0.468 e. The van der Waals surface area contributed by atoms with Gasteiger partial charge in [0.2, 0.25) is 0 Å². The molecule has 7 heteroatoms. The van der Waals surface area contributed by atoms with Crippen LogP contribution in [0.4, 0.5) is 0 Å². The summed E-state index contributed by atoms with van der Waals surface area (Å²) in [6, 6.07) is 4.25. The van der Waals surface area contributed by atoms with E-state index in [9.17, 15) is 0 Å². The number of nitrogens with one attached hydrogen (secondary N) is 2. The number of halogens is 1. The number of likely N-dealkylation sites (tertiary alicyclic amines) is 1. The van der Waals surface area contributed by atoms with Crippen LogP contribution in [0.25, 0.3) is 0 Å². The molecule has 156 valence electrons. The summed E-state index contributed by atoms with van der Waals surface area (Å²) in [5.41, 5.74) is 0. The topological polar surface area (TPSA) is 62.0 Å². The molecule has 6 nitrogen and oxygen atoms in total. The van der Waals surface area contributed by atoms with Crippen molar-refractivity contribution in [2.45, 2.75) is 58.6 Å². The number of hydrogen-bond acceptors (Lipinski definition) is 4. The summed E-state index contributed by atoms with van der Waals surface area (Å²) in [6.45, 7) is 11.6. The number of aliphatic imine (C=N–C) groups is 1. The van der Waals surface area contributed by atoms with Crippen LogP contribution in [0.3, 0.4) is 0 Å². The first-order valence-electron chi connectivity index (χ1n) is 10.1. The molecule has 2 rings (SSSR count). The van der Waals surface area contributed by atoms with E-state index >= 15 is 0 Å². The number of furan rings is 1. The smallest absolute Gasteiger partial charge is 0.191 e. The fourth-order valence-electron chi connectivity index (χ4n) is 3.21. The fourth-order valence-corrected chi connectivity index (χ4v) is 3.21. The number of hydrogen-bond donors (Lipinski definition) is 2. The molecule has 27 heavy (non-hydrogen) atoms. The zero-order valence-electron chi connectivity index (χ0n) is 17.1. The van der Waals surface area contributed by atoms with Gasteiger partial charge in [-0.2, -0.15) is 0 Å². The van der Waals surface area contributed by atoms with Gasteiger partial charge in [-0.15, -0.1) is 24.0 Å². The molecule has 1 aliphatic heterocycles. The van der Waals surface area contributed by atoms with Gasteiger partial charge in [0, 0.05) is 19.7 Å². The van der Waals surface area contributed by atoms with Gasteiger partial charge in [0.15, 0.2) is 5.96 Å². The Morgan fingerprint density at radius 3 is 2.67 bits per heavy atom. The van der Waals surface area contributed by atoms with Gasteiger partial charge in [0.05, 0.1) is 25.0 Å². The number of nitrogens with zero attached hydrogens (tertiary/aromatic N) is 2. The van der Waals surface area contributed by atoms with Gasteiger partial charge in [-0.3, -0.25) is 9.89 Å². The quantitative estimate of drug-likeness (QED) is 0.225. The average molecular weight is 492 g/mol. The van der Waals surface area contributed by atoms with E-state index in [-0.39, 0.29) is 36.1 Å². The first-order valence-corrected chi connectivity index (χ1v) is 10.1. The number of ether oxygens (including phenoxy) is 1. The molecule has 1 saturated heterocycles. The number of piperidine rings is 1. The maximum atomic E-state index is 5.71. The number of guanidine groups is 1. The summed E-state index contributed by atoms with van der Waals surface area (Å²) in [7, 11) is 0. The van der Waals surface area contributed by atoms with Crippen LogP contribution < -0.4 is 10.6 Å². The van der Waals surface area contributed by atoms with E-state index in [1.165, 1.54) is 19.3 Å². The molecule has 1 atom stereocenters. The highest BCUT2D eigenvalue weighted by molar-refractivity contribution is 14.0. The van der Waals surface area contributed by atoms with Crippen molar-refractivity contribution in [3.63, 3.8) is 0 Å². The Hall–Kier alpha value is -0.800. The highest BCUT2D eigenvalue weighted by Gasteiger charge is 2.24. The van der Waals surface area contributed by atoms with Crippen molar-refractivity contribution < 1.29 is 9.15 Å². The van der Waals surface area contributed by atoms with E-state index in [0.29, 0.717) is 6.54 Å². The van der Waals surface area contributed by atoms with Crippen LogP contribution in [-0.2, 0) is 4.74 Å². The molecule has 1 fully saturated rings. The van der Waals surface area contributed by atoms with Crippen LogP contribution >= 0.6 is 24.0 Å². The highest BCUT2D eigenvalue weighted by Crippen LogP contribution is 2.25. The second-order valence-corrected chi connectivity index (χ2v) is 7.05. The average Bonchev–Trinajstić information content (AvgIpc) is 3.16. The van der Waals surface area contributed by atoms with Crippen molar-refractivity contribution in [2.24, 2.45) is 4.99 Å². The van der Waals surface area contributed by atoms with Gasteiger partial charge in [-0.1, -0.05) is 6.42 Å². The van der Waals surface area contributed by atoms with Crippen molar-refractivity contribution in [1.29, 1.82) is 0 Å². The lowest BCUT2D eigenvalue weighted by Gasteiger charge is -2.32. The summed E-state index contributed by atoms with van der Waals surface area (Å²) >= 11 is 0. The first-order chi connectivity index (χ1) is 12.7. The minimum absolute atomic E-state index is 0. The second-order valence-electron chi connectivity index (χ2n) is 7.05. The van der Waals surface area contributed by atoms with Gasteiger partial charge >= 0.3 is 0 Å². The van der Waals surface area contributed by atoms with E-state index < -0.39 is 0 Å². The molecule has 1 aliphatic rings. The predicted molar refractivity (Wildman–Crippen MR) is 122 cm³/mol. The van der Waals surface area contributed by atoms with Crippen molar-refractivity contribution >= 4 is 29.9 Å². The molecule has 1 aromatic rings. The summed E-state index contributed by atoms with van der Waals surface area (Å²) < 4.78 is 11.3. The third-order valence-electron chi connectivity index (χ3n) is 4.53. The molecule has 0 amide bonds. The van der Waals surface area contributed by atoms with Gasteiger partial charge in [0.25, 0.3) is 0 Å². The lowest BCUT2D eigenvalue weighted by Crippen LogP contribution is -2.40. The van der Waals surface area contributed by atoms with Crippen LogP contribution in [0.2, 0.25) is 0 Å². The van der Waals surface area contributed by atoms with Crippen LogP contribution in [-0.4, -0.2) is 56.3 Å². The van der Waals surface area contributed by atoms with Crippen LogP contribution in [0, 0.1) is 0 Å². The van der Waals surface area contributed by atoms with E-state index in [0.717, 1.165) is 50.9 Å². The third kappa shape index (κ3) is 9.30. The van der Waals surface area contributed by atoms with Crippen molar-refractivity contribution in [2.75, 3.05) is 39.3 Å². The monoisotopic (exact) mass is 492 g/mol. The minimum Gasteiger partial charge on any atom is -0.468 e. The van der Waals surface area contributed by atoms with Gasteiger partial charge < -0.3 is 19.8 Å². The molecule has 0 radical (unpaired) electrons. The Morgan fingerprint density at radius 1 is 1.26 bits per heavy atom. The lowest BCUT2D eigenvalue weighted by molar-refractivity contribution is 0.0776. The third-order valence-corrected chi connectivity index (χ3v) is 4.53. The van der Waals surface area contributed by atoms with Gasteiger partial charge in [0.1, 0.15) is 5.76 Å². The maximum absolute atomic E-state index is 5.71. The normalized spacial score (nSPS) is 16.8. The van der Waals surface area contributed by atoms with Crippen LogP contribution in [0.5, 0.6) is 0 Å². The molecule has 0 spiro atoms. The van der Waals surface area contributed by atoms with E-state index in [1.807, 2.05) is 6.07 Å². The maximum Gasteiger partial charge on any atom is 0.191 e. The Balaban J connectivity index is 0.00000364. The summed E-state index contributed by atoms with van der Waals surface area (Å²) in [4.78, 5) is 7.34. The van der Waals surface area contributed by atoms with Crippen LogP contribution in [0.1, 0.15) is 58.3 Å². The van der Waals surface area contributed by atoms with Crippen molar-refractivity contribution in [1.82, 2.24) is 15.5 Å². The van der Waals surface area contributed by atoms with Gasteiger partial charge in [-0.05, 0) is 65.3 Å². The molecule has 0 aliphatic carbocycles. The second kappa shape index (κ2) is 14.2.